The van der Waals surface area contributed by atoms with E-state index in [2.05, 4.69) is 64.1 Å². The van der Waals surface area contributed by atoms with E-state index < -0.39 is 7.27 Å². The van der Waals surface area contributed by atoms with Gasteiger partial charge in [-0.1, -0.05) is 69.9 Å². The molecule has 0 N–H and O–H groups in total. The average molecular weight is 277 g/mol. The van der Waals surface area contributed by atoms with Crippen LogP contribution in [0.1, 0.15) is 22.3 Å². The van der Waals surface area contributed by atoms with Crippen LogP contribution in [-0.2, 0) is 0 Å². The first kappa shape index (κ1) is 13.6. The van der Waals surface area contributed by atoms with Crippen LogP contribution in [-0.4, -0.2) is 0 Å². The van der Waals surface area contributed by atoms with Gasteiger partial charge in [0.25, 0.3) is 0 Å². The van der Waals surface area contributed by atoms with Gasteiger partial charge in [0.05, 0.1) is 7.27 Å². The Morgan fingerprint density at radius 3 is 1.17 bits per heavy atom. The number of halogens is 1. The lowest BCUT2D eigenvalue weighted by Crippen LogP contribution is -2.10. The van der Waals surface area contributed by atoms with Crippen molar-refractivity contribution in [1.82, 2.24) is 0 Å². The lowest BCUT2D eigenvalue weighted by molar-refractivity contribution is 1.40. The first-order chi connectivity index (χ1) is 8.45. The van der Waals surface area contributed by atoms with Gasteiger partial charge in [0.1, 0.15) is 0 Å². The number of benzene rings is 2. The van der Waals surface area contributed by atoms with Gasteiger partial charge < -0.3 is 0 Å². The topological polar surface area (TPSA) is 0 Å². The number of aryl methyl sites for hydroxylation is 4. The van der Waals surface area contributed by atoms with Gasteiger partial charge in [-0.3, -0.25) is 0 Å². The van der Waals surface area contributed by atoms with Crippen LogP contribution in [0.15, 0.2) is 36.4 Å². The molecule has 0 spiro atoms. The van der Waals surface area contributed by atoms with Gasteiger partial charge in [-0.05, 0) is 38.3 Å². The summed E-state index contributed by atoms with van der Waals surface area (Å²) in [6.07, 6.45) is 0. The molecule has 2 aromatic rings. The fourth-order valence-electron chi connectivity index (χ4n) is 2.28. The largest absolute Gasteiger partial charge is 0.0859 e. The molecule has 2 rings (SSSR count). The predicted molar refractivity (Wildman–Crippen MR) is 83.9 cm³/mol. The van der Waals surface area contributed by atoms with Crippen LogP contribution in [0, 0.1) is 27.7 Å². The van der Waals surface area contributed by atoms with E-state index >= 15 is 0 Å². The Morgan fingerprint density at radius 1 is 0.611 bits per heavy atom. The molecular formula is C16H18ClP. The van der Waals surface area contributed by atoms with E-state index in [-0.39, 0.29) is 0 Å². The number of rotatable bonds is 2. The van der Waals surface area contributed by atoms with E-state index in [1.165, 1.54) is 32.9 Å². The zero-order valence-corrected chi connectivity index (χ0v) is 12.9. The van der Waals surface area contributed by atoms with Crippen molar-refractivity contribution in [3.63, 3.8) is 0 Å². The van der Waals surface area contributed by atoms with Crippen molar-refractivity contribution in [3.8, 4) is 0 Å². The molecule has 0 amide bonds. The van der Waals surface area contributed by atoms with E-state index in [9.17, 15) is 0 Å². The Hall–Kier alpha value is -0.840. The summed E-state index contributed by atoms with van der Waals surface area (Å²) in [7, 11) is -0.763. The molecule has 0 radical (unpaired) electrons. The molecule has 0 aliphatic rings. The van der Waals surface area contributed by atoms with Crippen molar-refractivity contribution >= 4 is 29.1 Å². The van der Waals surface area contributed by atoms with E-state index in [1.54, 1.807) is 0 Å². The SMILES string of the molecule is Cc1cc(C)cc(P(Cl)c2cc(C)cc(C)c2)c1. The molecule has 0 heterocycles. The monoisotopic (exact) mass is 276 g/mol. The van der Waals surface area contributed by atoms with Crippen LogP contribution in [0.25, 0.3) is 0 Å². The van der Waals surface area contributed by atoms with Gasteiger partial charge in [0.2, 0.25) is 0 Å². The van der Waals surface area contributed by atoms with Crippen LogP contribution in [0.2, 0.25) is 0 Å². The molecular weight excluding hydrogens is 259 g/mol. The minimum absolute atomic E-state index is 0.763. The molecule has 2 heteroatoms. The van der Waals surface area contributed by atoms with Crippen molar-refractivity contribution in [3.05, 3.63) is 58.7 Å². The molecule has 0 atom stereocenters. The highest BCUT2D eigenvalue weighted by Gasteiger charge is 2.12. The third-order valence-corrected chi connectivity index (χ3v) is 5.46. The van der Waals surface area contributed by atoms with Gasteiger partial charge in [-0.2, -0.15) is 0 Å². The van der Waals surface area contributed by atoms with Crippen molar-refractivity contribution in [1.29, 1.82) is 0 Å². The maximum absolute atomic E-state index is 6.68. The Labute approximate surface area is 116 Å². The first-order valence-electron chi connectivity index (χ1n) is 6.08. The molecule has 0 bridgehead atoms. The highest BCUT2D eigenvalue weighted by molar-refractivity contribution is 7.95. The van der Waals surface area contributed by atoms with Gasteiger partial charge in [-0.25, -0.2) is 0 Å². The van der Waals surface area contributed by atoms with Crippen LogP contribution < -0.4 is 10.6 Å². The minimum Gasteiger partial charge on any atom is -0.0859 e. The fourth-order valence-corrected chi connectivity index (χ4v) is 4.43. The van der Waals surface area contributed by atoms with Crippen molar-refractivity contribution in [2.75, 3.05) is 0 Å². The lowest BCUT2D eigenvalue weighted by Gasteiger charge is -2.13. The van der Waals surface area contributed by atoms with E-state index in [4.69, 9.17) is 11.2 Å². The Bertz CT molecular complexity index is 483. The molecule has 0 aromatic heterocycles. The summed E-state index contributed by atoms with van der Waals surface area (Å²) >= 11 is 6.68. The summed E-state index contributed by atoms with van der Waals surface area (Å²) in [6.45, 7) is 8.49. The fraction of sp³-hybridized carbons (Fsp3) is 0.250. The third kappa shape index (κ3) is 3.13. The second-order valence-corrected chi connectivity index (χ2v) is 7.58. The Morgan fingerprint density at radius 2 is 0.889 bits per heavy atom. The second kappa shape index (κ2) is 5.43. The van der Waals surface area contributed by atoms with E-state index in [0.717, 1.165) is 0 Å². The second-order valence-electron chi connectivity index (χ2n) is 4.97. The van der Waals surface area contributed by atoms with Crippen molar-refractivity contribution in [2.45, 2.75) is 27.7 Å². The molecule has 94 valence electrons. The quantitative estimate of drug-likeness (QED) is 0.708. The molecule has 0 fully saturated rings. The molecule has 0 saturated carbocycles. The summed E-state index contributed by atoms with van der Waals surface area (Å²) in [6, 6.07) is 13.2. The maximum atomic E-state index is 6.68. The normalized spacial score (nSPS) is 11.0. The van der Waals surface area contributed by atoms with Crippen LogP contribution in [0.4, 0.5) is 0 Å². The van der Waals surface area contributed by atoms with Gasteiger partial charge in [0.15, 0.2) is 0 Å². The zero-order chi connectivity index (χ0) is 13.3. The third-order valence-electron chi connectivity index (χ3n) is 2.87. The highest BCUT2D eigenvalue weighted by Crippen LogP contribution is 2.39. The molecule has 18 heavy (non-hydrogen) atoms. The minimum atomic E-state index is -0.763. The van der Waals surface area contributed by atoms with Crippen LogP contribution >= 0.6 is 18.5 Å². The van der Waals surface area contributed by atoms with Crippen molar-refractivity contribution in [2.24, 2.45) is 0 Å². The zero-order valence-electron chi connectivity index (χ0n) is 11.3. The van der Waals surface area contributed by atoms with Crippen molar-refractivity contribution < 1.29 is 0 Å². The van der Waals surface area contributed by atoms with Gasteiger partial charge in [-0.15, -0.1) is 0 Å². The van der Waals surface area contributed by atoms with Crippen LogP contribution in [0.5, 0.6) is 0 Å². The number of hydrogen-bond acceptors (Lipinski definition) is 0. The van der Waals surface area contributed by atoms with Gasteiger partial charge in [0, 0.05) is 0 Å². The standard InChI is InChI=1S/C16H18ClP/c1-11-5-12(2)8-15(7-11)18(17)16-9-13(3)6-14(4)10-16/h5-10H,1-4H3. The lowest BCUT2D eigenvalue weighted by atomic mass is 10.2. The summed E-state index contributed by atoms with van der Waals surface area (Å²) in [5.41, 5.74) is 5.12. The highest BCUT2D eigenvalue weighted by atomic mass is 35.7. The first-order valence-corrected chi connectivity index (χ1v) is 8.33. The Kier molecular flexibility index (Phi) is 4.10. The Balaban J connectivity index is 2.43. The number of hydrogen-bond donors (Lipinski definition) is 0. The molecule has 0 unspecified atom stereocenters. The predicted octanol–water partition coefficient (Wildman–Crippen LogP) is 4.51. The summed E-state index contributed by atoms with van der Waals surface area (Å²) in [4.78, 5) is 0. The average Bonchev–Trinajstić information content (AvgIpc) is 2.25. The molecule has 2 aromatic carbocycles. The van der Waals surface area contributed by atoms with Crippen LogP contribution in [0.3, 0.4) is 0 Å². The summed E-state index contributed by atoms with van der Waals surface area (Å²) in [5, 5.41) is 2.49. The summed E-state index contributed by atoms with van der Waals surface area (Å²) < 4.78 is 0. The van der Waals surface area contributed by atoms with E-state index in [1.807, 2.05) is 0 Å². The molecule has 0 aliphatic carbocycles. The molecule has 0 nitrogen and oxygen atoms in total. The van der Waals surface area contributed by atoms with E-state index in [0.29, 0.717) is 0 Å². The maximum Gasteiger partial charge on any atom is 0.0524 e. The molecule has 0 saturated heterocycles. The molecule has 0 aliphatic heterocycles. The van der Waals surface area contributed by atoms with Gasteiger partial charge >= 0.3 is 0 Å². The smallest absolute Gasteiger partial charge is 0.0524 e. The summed E-state index contributed by atoms with van der Waals surface area (Å²) in [5.74, 6) is 0.